The Balaban J connectivity index is 0.00000121. The molecule has 1 aliphatic heterocycles. The molecule has 0 amide bonds. The van der Waals surface area contributed by atoms with Gasteiger partial charge in [-0.05, 0) is 13.3 Å². The first-order chi connectivity index (χ1) is 5.27. The molecule has 0 saturated carbocycles. The van der Waals surface area contributed by atoms with Crippen LogP contribution in [0.4, 0.5) is 0 Å². The van der Waals surface area contributed by atoms with Gasteiger partial charge in [-0.2, -0.15) is 0 Å². The second-order valence-electron chi connectivity index (χ2n) is 3.58. The zero-order valence-electron chi connectivity index (χ0n) is 8.06. The van der Waals surface area contributed by atoms with Gasteiger partial charge in [-0.3, -0.25) is 0 Å². The van der Waals surface area contributed by atoms with Gasteiger partial charge in [0.25, 0.3) is 0 Å². The van der Waals surface area contributed by atoms with E-state index < -0.39 is 0 Å². The predicted molar refractivity (Wildman–Crippen MR) is 57.1 cm³/mol. The summed E-state index contributed by atoms with van der Waals surface area (Å²) >= 11 is 0. The molecule has 12 heavy (non-hydrogen) atoms. The van der Waals surface area contributed by atoms with Gasteiger partial charge in [-0.15, -0.1) is 17.0 Å². The molecule has 1 rings (SSSR count). The van der Waals surface area contributed by atoms with E-state index in [1.807, 2.05) is 0 Å². The van der Waals surface area contributed by atoms with Gasteiger partial charge in [0.15, 0.2) is 0 Å². The molecule has 1 aliphatic rings. The lowest BCUT2D eigenvalue weighted by molar-refractivity contribution is -0.0587. The summed E-state index contributed by atoms with van der Waals surface area (Å²) < 4.78 is 5.70. The van der Waals surface area contributed by atoms with E-state index >= 15 is 0 Å². The Labute approximate surface area is 85.8 Å². The lowest BCUT2D eigenvalue weighted by Gasteiger charge is -2.34. The lowest BCUT2D eigenvalue weighted by atomic mass is 9.98. The van der Waals surface area contributed by atoms with Crippen LogP contribution in [0, 0.1) is 0 Å². The summed E-state index contributed by atoms with van der Waals surface area (Å²) in [5.41, 5.74) is 0.119. The van der Waals surface area contributed by atoms with Crippen LogP contribution in [0.3, 0.4) is 0 Å². The minimum absolute atomic E-state index is 0. The minimum atomic E-state index is 0. The summed E-state index contributed by atoms with van der Waals surface area (Å²) in [5.74, 6) is 0. The largest absolute Gasteiger partial charge is 0.373 e. The highest BCUT2D eigenvalue weighted by molar-refractivity contribution is 8.93. The average molecular weight is 238 g/mol. The maximum Gasteiger partial charge on any atom is 0.0778 e. The van der Waals surface area contributed by atoms with Crippen LogP contribution >= 0.6 is 17.0 Å². The highest BCUT2D eigenvalue weighted by Gasteiger charge is 2.26. The Morgan fingerprint density at radius 1 is 1.50 bits per heavy atom. The molecule has 3 heteroatoms. The molecule has 0 aromatic rings. The van der Waals surface area contributed by atoms with Crippen LogP contribution in [0.5, 0.6) is 0 Å². The fourth-order valence-corrected chi connectivity index (χ4v) is 1.48. The number of hydrogen-bond donors (Lipinski definition) is 1. The van der Waals surface area contributed by atoms with E-state index in [1.165, 1.54) is 19.3 Å². The van der Waals surface area contributed by atoms with E-state index in [9.17, 15) is 0 Å². The molecule has 0 radical (unpaired) electrons. The first kappa shape index (κ1) is 12.4. The van der Waals surface area contributed by atoms with Crippen LogP contribution in [0.15, 0.2) is 0 Å². The van der Waals surface area contributed by atoms with E-state index in [0.29, 0.717) is 0 Å². The van der Waals surface area contributed by atoms with Crippen molar-refractivity contribution >= 4 is 17.0 Å². The third-order valence-electron chi connectivity index (χ3n) is 2.29. The van der Waals surface area contributed by atoms with Crippen LogP contribution in [0.25, 0.3) is 0 Å². The molecule has 0 bridgehead atoms. The molecular weight excluding hydrogens is 218 g/mol. The Hall–Kier alpha value is 0.400. The number of halogens is 1. The second kappa shape index (κ2) is 5.95. The van der Waals surface area contributed by atoms with Crippen molar-refractivity contribution in [3.05, 3.63) is 0 Å². The van der Waals surface area contributed by atoms with Crippen LogP contribution in [0.1, 0.15) is 33.1 Å². The molecule has 2 nitrogen and oxygen atoms in total. The van der Waals surface area contributed by atoms with Gasteiger partial charge in [0, 0.05) is 13.1 Å². The summed E-state index contributed by atoms with van der Waals surface area (Å²) in [7, 11) is 0. The Kier molecular flexibility index (Phi) is 6.14. The lowest BCUT2D eigenvalue weighted by Crippen LogP contribution is -2.47. The maximum absolute atomic E-state index is 5.70. The molecule has 1 heterocycles. The van der Waals surface area contributed by atoms with Gasteiger partial charge < -0.3 is 10.1 Å². The van der Waals surface area contributed by atoms with Crippen LogP contribution in [-0.2, 0) is 4.74 Å². The van der Waals surface area contributed by atoms with Crippen molar-refractivity contribution < 1.29 is 4.74 Å². The first-order valence-corrected chi connectivity index (χ1v) is 4.61. The van der Waals surface area contributed by atoms with Crippen LogP contribution < -0.4 is 5.32 Å². The van der Waals surface area contributed by atoms with Gasteiger partial charge >= 0.3 is 0 Å². The van der Waals surface area contributed by atoms with E-state index in [-0.39, 0.29) is 22.6 Å². The van der Waals surface area contributed by atoms with Crippen molar-refractivity contribution in [3.63, 3.8) is 0 Å². The first-order valence-electron chi connectivity index (χ1n) is 4.61. The van der Waals surface area contributed by atoms with Crippen molar-refractivity contribution in [2.45, 2.75) is 38.7 Å². The fraction of sp³-hybridized carbons (Fsp3) is 1.00. The molecule has 74 valence electrons. The minimum Gasteiger partial charge on any atom is -0.373 e. The van der Waals surface area contributed by atoms with E-state index in [4.69, 9.17) is 4.74 Å². The summed E-state index contributed by atoms with van der Waals surface area (Å²) in [4.78, 5) is 0. The zero-order chi connectivity index (χ0) is 8.16. The smallest absolute Gasteiger partial charge is 0.0778 e. The third-order valence-corrected chi connectivity index (χ3v) is 2.29. The molecule has 0 aromatic heterocycles. The number of unbranched alkanes of at least 4 members (excludes halogenated alkanes) is 1. The number of ether oxygens (including phenoxy) is 1. The molecular formula is C9H20BrNO. The average Bonchev–Trinajstić information content (AvgIpc) is 2.03. The molecule has 1 N–H and O–H groups in total. The van der Waals surface area contributed by atoms with Gasteiger partial charge in [0.1, 0.15) is 0 Å². The molecule has 1 saturated heterocycles. The Morgan fingerprint density at radius 3 is 2.75 bits per heavy atom. The quantitative estimate of drug-likeness (QED) is 0.813. The standard InChI is InChI=1S/C9H19NO.BrH/c1-3-4-5-9(2)8-10-6-7-11-9;/h10H,3-8H2,1-2H3;1H. The van der Waals surface area contributed by atoms with Crippen molar-refractivity contribution in [2.24, 2.45) is 0 Å². The molecule has 0 aliphatic carbocycles. The third kappa shape index (κ3) is 3.87. The molecule has 0 spiro atoms. The summed E-state index contributed by atoms with van der Waals surface area (Å²) in [5, 5.41) is 3.36. The van der Waals surface area contributed by atoms with E-state index in [2.05, 4.69) is 19.2 Å². The summed E-state index contributed by atoms with van der Waals surface area (Å²) in [6.07, 6.45) is 3.73. The highest BCUT2D eigenvalue weighted by atomic mass is 79.9. The van der Waals surface area contributed by atoms with Crippen molar-refractivity contribution in [3.8, 4) is 0 Å². The fourth-order valence-electron chi connectivity index (χ4n) is 1.48. The molecule has 1 fully saturated rings. The van der Waals surface area contributed by atoms with E-state index in [0.717, 1.165) is 19.7 Å². The number of morpholine rings is 1. The van der Waals surface area contributed by atoms with Crippen molar-refractivity contribution in [1.29, 1.82) is 0 Å². The highest BCUT2D eigenvalue weighted by Crippen LogP contribution is 2.19. The van der Waals surface area contributed by atoms with Gasteiger partial charge in [0.2, 0.25) is 0 Å². The normalized spacial score (nSPS) is 29.5. The summed E-state index contributed by atoms with van der Waals surface area (Å²) in [6, 6.07) is 0. The Morgan fingerprint density at radius 2 is 2.25 bits per heavy atom. The topological polar surface area (TPSA) is 21.3 Å². The molecule has 1 atom stereocenters. The Bertz CT molecular complexity index is 113. The predicted octanol–water partition coefficient (Wildman–Crippen LogP) is 2.13. The van der Waals surface area contributed by atoms with Gasteiger partial charge in [-0.25, -0.2) is 0 Å². The maximum atomic E-state index is 5.70. The zero-order valence-corrected chi connectivity index (χ0v) is 9.77. The van der Waals surface area contributed by atoms with Crippen molar-refractivity contribution in [1.82, 2.24) is 5.32 Å². The number of hydrogen-bond acceptors (Lipinski definition) is 2. The number of rotatable bonds is 3. The molecule has 1 unspecified atom stereocenters. The SMILES string of the molecule is Br.CCCCC1(C)CNCCO1. The van der Waals surface area contributed by atoms with Crippen molar-refractivity contribution in [2.75, 3.05) is 19.7 Å². The number of nitrogens with one attached hydrogen (secondary N) is 1. The molecule has 0 aromatic carbocycles. The van der Waals surface area contributed by atoms with Gasteiger partial charge in [0.05, 0.1) is 12.2 Å². The van der Waals surface area contributed by atoms with E-state index in [1.54, 1.807) is 0 Å². The van der Waals surface area contributed by atoms with Gasteiger partial charge in [-0.1, -0.05) is 19.8 Å². The van der Waals surface area contributed by atoms with Crippen LogP contribution in [-0.4, -0.2) is 25.3 Å². The second-order valence-corrected chi connectivity index (χ2v) is 3.58. The van der Waals surface area contributed by atoms with Crippen LogP contribution in [0.2, 0.25) is 0 Å². The monoisotopic (exact) mass is 237 g/mol. The summed E-state index contributed by atoms with van der Waals surface area (Å²) in [6.45, 7) is 7.34.